The SMILES string of the molecule is COc1ccc(SCCCCOc2cccc3c2NC(=O)OC3(C)C)cc1OC. The summed E-state index contributed by atoms with van der Waals surface area (Å²) in [6.45, 7) is 4.33. The monoisotopic (exact) mass is 417 g/mol. The Kier molecular flexibility index (Phi) is 6.79. The largest absolute Gasteiger partial charge is 0.493 e. The summed E-state index contributed by atoms with van der Waals surface area (Å²) >= 11 is 1.77. The first-order chi connectivity index (χ1) is 13.9. The lowest BCUT2D eigenvalue weighted by atomic mass is 9.94. The van der Waals surface area contributed by atoms with Gasteiger partial charge in [-0.1, -0.05) is 12.1 Å². The molecule has 0 radical (unpaired) electrons. The van der Waals surface area contributed by atoms with Crippen LogP contribution in [0.1, 0.15) is 32.3 Å². The fraction of sp³-hybridized carbons (Fsp3) is 0.409. The second kappa shape index (κ2) is 9.31. The molecule has 1 N–H and O–H groups in total. The number of amides is 1. The van der Waals surface area contributed by atoms with Gasteiger partial charge in [0.1, 0.15) is 11.4 Å². The van der Waals surface area contributed by atoms with Gasteiger partial charge in [-0.25, -0.2) is 4.79 Å². The lowest BCUT2D eigenvalue weighted by Crippen LogP contribution is -2.34. The van der Waals surface area contributed by atoms with Crippen molar-refractivity contribution in [3.63, 3.8) is 0 Å². The predicted molar refractivity (Wildman–Crippen MR) is 115 cm³/mol. The third-order valence-corrected chi connectivity index (χ3v) is 5.75. The van der Waals surface area contributed by atoms with E-state index < -0.39 is 11.7 Å². The number of methoxy groups -OCH3 is 2. The Morgan fingerprint density at radius 1 is 1.03 bits per heavy atom. The molecule has 0 saturated heterocycles. The van der Waals surface area contributed by atoms with Crippen molar-refractivity contribution in [2.24, 2.45) is 0 Å². The molecule has 0 aromatic heterocycles. The minimum Gasteiger partial charge on any atom is -0.493 e. The molecule has 0 bridgehead atoms. The van der Waals surface area contributed by atoms with Crippen LogP contribution >= 0.6 is 11.8 Å². The Hall–Kier alpha value is -2.54. The molecule has 1 amide bonds. The summed E-state index contributed by atoms with van der Waals surface area (Å²) in [7, 11) is 3.27. The molecule has 1 aliphatic rings. The fourth-order valence-corrected chi connectivity index (χ4v) is 4.12. The van der Waals surface area contributed by atoms with E-state index in [9.17, 15) is 4.79 Å². The Labute approximate surface area is 175 Å². The molecular weight excluding hydrogens is 390 g/mol. The van der Waals surface area contributed by atoms with Gasteiger partial charge in [0.2, 0.25) is 0 Å². The van der Waals surface area contributed by atoms with Gasteiger partial charge in [0, 0.05) is 10.5 Å². The molecule has 3 rings (SSSR count). The summed E-state index contributed by atoms with van der Waals surface area (Å²) in [4.78, 5) is 13.0. The minimum atomic E-state index is -0.674. The molecule has 7 heteroatoms. The van der Waals surface area contributed by atoms with Gasteiger partial charge < -0.3 is 18.9 Å². The number of ether oxygens (including phenoxy) is 4. The second-order valence-electron chi connectivity index (χ2n) is 7.12. The van der Waals surface area contributed by atoms with Gasteiger partial charge in [-0.05, 0) is 56.7 Å². The van der Waals surface area contributed by atoms with Crippen LogP contribution in [0.2, 0.25) is 0 Å². The van der Waals surface area contributed by atoms with Crippen molar-refractivity contribution in [2.45, 2.75) is 37.2 Å². The van der Waals surface area contributed by atoms with Crippen LogP contribution < -0.4 is 19.5 Å². The van der Waals surface area contributed by atoms with E-state index in [2.05, 4.69) is 5.32 Å². The molecule has 1 heterocycles. The average Bonchev–Trinajstić information content (AvgIpc) is 2.70. The number of cyclic esters (lactones) is 1. The van der Waals surface area contributed by atoms with E-state index in [0.29, 0.717) is 18.0 Å². The Bertz CT molecular complexity index is 868. The number of hydrogen-bond donors (Lipinski definition) is 1. The van der Waals surface area contributed by atoms with Crippen molar-refractivity contribution in [1.29, 1.82) is 0 Å². The van der Waals surface area contributed by atoms with Crippen LogP contribution in [0, 0.1) is 0 Å². The van der Waals surface area contributed by atoms with E-state index >= 15 is 0 Å². The zero-order chi connectivity index (χ0) is 20.9. The molecule has 0 atom stereocenters. The molecular formula is C22H27NO5S. The number of anilines is 1. The van der Waals surface area contributed by atoms with Crippen LogP contribution in [0.25, 0.3) is 0 Å². The first kappa shape index (κ1) is 21.2. The predicted octanol–water partition coefficient (Wildman–Crippen LogP) is 5.45. The van der Waals surface area contributed by atoms with Crippen LogP contribution in [-0.2, 0) is 10.3 Å². The molecule has 0 spiro atoms. The normalized spacial score (nSPS) is 14.4. The second-order valence-corrected chi connectivity index (χ2v) is 8.29. The van der Waals surface area contributed by atoms with Crippen LogP contribution in [0.4, 0.5) is 10.5 Å². The average molecular weight is 418 g/mol. The molecule has 6 nitrogen and oxygen atoms in total. The summed E-state index contributed by atoms with van der Waals surface area (Å²) in [6.07, 6.45) is 1.47. The molecule has 29 heavy (non-hydrogen) atoms. The zero-order valence-electron chi connectivity index (χ0n) is 17.2. The number of carbonyl (C=O) groups excluding carboxylic acids is 1. The van der Waals surface area contributed by atoms with E-state index in [0.717, 1.165) is 40.6 Å². The van der Waals surface area contributed by atoms with Gasteiger partial charge in [0.25, 0.3) is 0 Å². The molecule has 0 fully saturated rings. The van der Waals surface area contributed by atoms with Gasteiger partial charge in [-0.2, -0.15) is 0 Å². The molecule has 156 valence electrons. The highest BCUT2D eigenvalue weighted by Crippen LogP contribution is 2.40. The number of rotatable bonds is 9. The number of thioether (sulfide) groups is 1. The van der Waals surface area contributed by atoms with Gasteiger partial charge >= 0.3 is 6.09 Å². The molecule has 2 aromatic carbocycles. The van der Waals surface area contributed by atoms with Gasteiger partial charge in [0.05, 0.1) is 26.5 Å². The number of para-hydroxylation sites is 1. The Morgan fingerprint density at radius 3 is 2.59 bits per heavy atom. The first-order valence-corrected chi connectivity index (χ1v) is 10.5. The minimum absolute atomic E-state index is 0.454. The maximum Gasteiger partial charge on any atom is 0.412 e. The zero-order valence-corrected chi connectivity index (χ0v) is 18.1. The Morgan fingerprint density at radius 2 is 1.83 bits per heavy atom. The number of benzene rings is 2. The summed E-state index contributed by atoms with van der Waals surface area (Å²) in [5.74, 6) is 3.13. The summed E-state index contributed by atoms with van der Waals surface area (Å²) in [5, 5.41) is 2.77. The highest BCUT2D eigenvalue weighted by molar-refractivity contribution is 7.99. The standard InChI is InChI=1S/C22H27NO5S/c1-22(2)16-8-7-9-18(20(16)23-21(24)28-22)27-12-5-6-13-29-15-10-11-17(25-3)19(14-15)26-4/h7-11,14H,5-6,12-13H2,1-4H3,(H,23,24). The van der Waals surface area contributed by atoms with Gasteiger partial charge in [-0.15, -0.1) is 11.8 Å². The van der Waals surface area contributed by atoms with E-state index in [1.165, 1.54) is 0 Å². The van der Waals surface area contributed by atoms with Crippen LogP contribution in [0.3, 0.4) is 0 Å². The van der Waals surface area contributed by atoms with Crippen molar-refractivity contribution in [3.05, 3.63) is 42.0 Å². The lowest BCUT2D eigenvalue weighted by molar-refractivity contribution is 0.0416. The quantitative estimate of drug-likeness (QED) is 0.432. The third kappa shape index (κ3) is 5.09. The number of fused-ring (bicyclic) bond motifs is 1. The van der Waals surface area contributed by atoms with Crippen molar-refractivity contribution < 1.29 is 23.7 Å². The van der Waals surface area contributed by atoms with Gasteiger partial charge in [-0.3, -0.25) is 5.32 Å². The first-order valence-electron chi connectivity index (χ1n) is 9.55. The summed E-state index contributed by atoms with van der Waals surface area (Å²) in [6, 6.07) is 11.7. The van der Waals surface area contributed by atoms with Crippen molar-refractivity contribution in [3.8, 4) is 17.2 Å². The van der Waals surface area contributed by atoms with E-state index in [-0.39, 0.29) is 0 Å². The maximum atomic E-state index is 11.8. The number of carbonyl (C=O) groups is 1. The van der Waals surface area contributed by atoms with Crippen molar-refractivity contribution in [1.82, 2.24) is 0 Å². The fourth-order valence-electron chi connectivity index (χ4n) is 3.18. The third-order valence-electron chi connectivity index (χ3n) is 4.67. The van der Waals surface area contributed by atoms with E-state index in [1.54, 1.807) is 26.0 Å². The molecule has 0 unspecified atom stereocenters. The number of nitrogens with one attached hydrogen (secondary N) is 1. The molecule has 0 aliphatic carbocycles. The number of unbranched alkanes of at least 4 members (excludes halogenated alkanes) is 1. The van der Waals surface area contributed by atoms with Crippen LogP contribution in [0.15, 0.2) is 41.3 Å². The smallest absolute Gasteiger partial charge is 0.412 e. The lowest BCUT2D eigenvalue weighted by Gasteiger charge is -2.33. The van der Waals surface area contributed by atoms with Crippen LogP contribution in [0.5, 0.6) is 17.2 Å². The van der Waals surface area contributed by atoms with Gasteiger partial charge in [0.15, 0.2) is 11.5 Å². The summed E-state index contributed by atoms with van der Waals surface area (Å²) in [5.41, 5.74) is 0.944. The van der Waals surface area contributed by atoms with Crippen LogP contribution in [-0.4, -0.2) is 32.7 Å². The maximum absolute atomic E-state index is 11.8. The Balaban J connectivity index is 1.48. The van der Waals surface area contributed by atoms with E-state index in [1.807, 2.05) is 50.2 Å². The van der Waals surface area contributed by atoms with Crippen molar-refractivity contribution >= 4 is 23.5 Å². The summed E-state index contributed by atoms with van der Waals surface area (Å²) < 4.78 is 21.9. The highest BCUT2D eigenvalue weighted by atomic mass is 32.2. The molecule has 2 aromatic rings. The highest BCUT2D eigenvalue weighted by Gasteiger charge is 2.34. The van der Waals surface area contributed by atoms with E-state index in [4.69, 9.17) is 18.9 Å². The number of hydrogen-bond acceptors (Lipinski definition) is 6. The molecule has 0 saturated carbocycles. The topological polar surface area (TPSA) is 66.0 Å². The van der Waals surface area contributed by atoms with Crippen molar-refractivity contribution in [2.75, 3.05) is 31.9 Å². The molecule has 1 aliphatic heterocycles.